The van der Waals surface area contributed by atoms with Crippen LogP contribution in [0.5, 0.6) is 0 Å². The number of halogens is 1. The fraction of sp³-hybridized carbons (Fsp3) is 0.462. The lowest BCUT2D eigenvalue weighted by molar-refractivity contribution is -0.117. The summed E-state index contributed by atoms with van der Waals surface area (Å²) in [5.74, 6) is 0.507. The number of rotatable bonds is 3. The molecule has 0 saturated carbocycles. The molecular formula is C13H16BrNO2. The number of hydrogen-bond acceptors (Lipinski definition) is 2. The van der Waals surface area contributed by atoms with Crippen LogP contribution in [0, 0.1) is 5.92 Å². The number of amides is 1. The van der Waals surface area contributed by atoms with E-state index in [1.165, 1.54) is 0 Å². The molecule has 0 aliphatic carbocycles. The molecular weight excluding hydrogens is 282 g/mol. The number of nitrogens with zero attached hydrogens (tertiary/aromatic N) is 1. The van der Waals surface area contributed by atoms with E-state index in [1.54, 1.807) is 11.8 Å². The maximum atomic E-state index is 11.9. The number of benzene rings is 1. The third-order valence-electron chi connectivity index (χ3n) is 3.10. The van der Waals surface area contributed by atoms with Gasteiger partial charge in [0.2, 0.25) is 5.91 Å². The predicted molar refractivity (Wildman–Crippen MR) is 71.3 cm³/mol. The molecule has 0 aromatic heterocycles. The Morgan fingerprint density at radius 2 is 2.24 bits per heavy atom. The van der Waals surface area contributed by atoms with Crippen LogP contribution in [-0.2, 0) is 4.79 Å². The smallest absolute Gasteiger partial charge is 0.227 e. The first-order chi connectivity index (χ1) is 8.13. The predicted octanol–water partition coefficient (Wildman–Crippen LogP) is 2.49. The van der Waals surface area contributed by atoms with Crippen molar-refractivity contribution in [2.24, 2.45) is 5.92 Å². The number of hydrogen-bond donors (Lipinski definition) is 1. The zero-order valence-electron chi connectivity index (χ0n) is 9.77. The number of carbonyl (C=O) groups excluding carboxylic acids is 1. The molecule has 0 bridgehead atoms. The second kappa shape index (κ2) is 5.19. The fourth-order valence-corrected chi connectivity index (χ4v) is 2.64. The van der Waals surface area contributed by atoms with E-state index in [4.69, 9.17) is 0 Å². The van der Waals surface area contributed by atoms with E-state index >= 15 is 0 Å². The first-order valence-electron chi connectivity index (χ1n) is 5.76. The normalized spacial score (nSPS) is 21.9. The van der Waals surface area contributed by atoms with Gasteiger partial charge in [-0.3, -0.25) is 4.79 Å². The zero-order chi connectivity index (χ0) is 12.4. The Labute approximate surface area is 110 Å². The van der Waals surface area contributed by atoms with Gasteiger partial charge in [-0.2, -0.15) is 0 Å². The van der Waals surface area contributed by atoms with Gasteiger partial charge in [-0.15, -0.1) is 0 Å². The van der Waals surface area contributed by atoms with E-state index in [1.807, 2.05) is 24.3 Å². The van der Waals surface area contributed by atoms with Crippen LogP contribution in [-0.4, -0.2) is 22.9 Å². The minimum Gasteiger partial charge on any atom is -0.389 e. The van der Waals surface area contributed by atoms with Crippen molar-refractivity contribution < 1.29 is 9.90 Å². The zero-order valence-corrected chi connectivity index (χ0v) is 11.4. The molecule has 0 radical (unpaired) electrons. The molecule has 1 heterocycles. The third kappa shape index (κ3) is 2.53. The molecule has 1 aromatic carbocycles. The molecule has 4 heteroatoms. The minimum atomic E-state index is -0.554. The first-order valence-corrected chi connectivity index (χ1v) is 6.89. The van der Waals surface area contributed by atoms with Gasteiger partial charge in [0.15, 0.2) is 0 Å². The molecule has 1 aromatic rings. The average molecular weight is 298 g/mol. The first kappa shape index (κ1) is 12.6. The van der Waals surface area contributed by atoms with Crippen molar-refractivity contribution in [3.05, 3.63) is 29.8 Å². The van der Waals surface area contributed by atoms with Crippen LogP contribution in [0.25, 0.3) is 0 Å². The number of aliphatic hydroxyl groups is 1. The molecule has 2 atom stereocenters. The van der Waals surface area contributed by atoms with Gasteiger partial charge in [-0.25, -0.2) is 0 Å². The summed E-state index contributed by atoms with van der Waals surface area (Å²) < 4.78 is 0. The molecule has 2 rings (SSSR count). The lowest BCUT2D eigenvalue weighted by atomic mass is 10.1. The van der Waals surface area contributed by atoms with E-state index in [0.29, 0.717) is 12.3 Å². The standard InChI is InChI=1S/C13H16BrNO2/c1-9(16)11-4-2-3-5-12(11)15-8-10(7-14)6-13(15)17/h2-5,9-10,16H,6-8H2,1H3. The molecule has 1 fully saturated rings. The Morgan fingerprint density at radius 1 is 1.53 bits per heavy atom. The van der Waals surface area contributed by atoms with Gasteiger partial charge >= 0.3 is 0 Å². The lowest BCUT2D eigenvalue weighted by Crippen LogP contribution is -2.26. The molecule has 3 nitrogen and oxygen atoms in total. The van der Waals surface area contributed by atoms with E-state index in [0.717, 1.165) is 23.1 Å². The maximum absolute atomic E-state index is 11.9. The molecule has 1 aliphatic rings. The summed E-state index contributed by atoms with van der Waals surface area (Å²) in [5.41, 5.74) is 1.66. The van der Waals surface area contributed by atoms with Crippen LogP contribution >= 0.6 is 15.9 Å². The monoisotopic (exact) mass is 297 g/mol. The molecule has 92 valence electrons. The van der Waals surface area contributed by atoms with E-state index in [2.05, 4.69) is 15.9 Å². The van der Waals surface area contributed by atoms with Crippen molar-refractivity contribution in [3.8, 4) is 0 Å². The molecule has 2 unspecified atom stereocenters. The quantitative estimate of drug-likeness (QED) is 0.871. The van der Waals surface area contributed by atoms with E-state index in [-0.39, 0.29) is 5.91 Å². The number of carbonyl (C=O) groups is 1. The number of alkyl halides is 1. The van der Waals surface area contributed by atoms with Crippen LogP contribution in [0.2, 0.25) is 0 Å². The van der Waals surface area contributed by atoms with Gasteiger partial charge in [-0.05, 0) is 18.9 Å². The highest BCUT2D eigenvalue weighted by molar-refractivity contribution is 9.09. The lowest BCUT2D eigenvalue weighted by Gasteiger charge is -2.21. The van der Waals surface area contributed by atoms with Crippen molar-refractivity contribution >= 4 is 27.5 Å². The largest absolute Gasteiger partial charge is 0.389 e. The summed E-state index contributed by atoms with van der Waals surface area (Å²) in [5, 5.41) is 10.6. The summed E-state index contributed by atoms with van der Waals surface area (Å²) in [4.78, 5) is 13.7. The molecule has 1 N–H and O–H groups in total. The SMILES string of the molecule is CC(O)c1ccccc1N1CC(CBr)CC1=O. The summed E-state index contributed by atoms with van der Waals surface area (Å²) in [7, 11) is 0. The highest BCUT2D eigenvalue weighted by Crippen LogP contribution is 2.31. The second-order valence-corrected chi connectivity index (χ2v) is 5.11. The van der Waals surface area contributed by atoms with Crippen LogP contribution in [0.1, 0.15) is 25.0 Å². The van der Waals surface area contributed by atoms with Gasteiger partial charge in [0.05, 0.1) is 6.10 Å². The third-order valence-corrected chi connectivity index (χ3v) is 4.02. The van der Waals surface area contributed by atoms with Gasteiger partial charge in [0.1, 0.15) is 0 Å². The van der Waals surface area contributed by atoms with Crippen molar-refractivity contribution in [1.82, 2.24) is 0 Å². The molecule has 17 heavy (non-hydrogen) atoms. The number of para-hydroxylation sites is 1. The summed E-state index contributed by atoms with van der Waals surface area (Å²) in [6.45, 7) is 2.45. The second-order valence-electron chi connectivity index (χ2n) is 4.46. The van der Waals surface area contributed by atoms with Crippen LogP contribution < -0.4 is 4.90 Å². The minimum absolute atomic E-state index is 0.141. The van der Waals surface area contributed by atoms with Crippen molar-refractivity contribution in [3.63, 3.8) is 0 Å². The fourth-order valence-electron chi connectivity index (χ4n) is 2.20. The Bertz CT molecular complexity index is 420. The molecule has 1 amide bonds. The maximum Gasteiger partial charge on any atom is 0.227 e. The number of anilines is 1. The van der Waals surface area contributed by atoms with Crippen LogP contribution in [0.15, 0.2) is 24.3 Å². The van der Waals surface area contributed by atoms with Gasteiger partial charge in [0, 0.05) is 29.5 Å². The van der Waals surface area contributed by atoms with E-state index < -0.39 is 6.10 Å². The Kier molecular flexibility index (Phi) is 3.84. The van der Waals surface area contributed by atoms with E-state index in [9.17, 15) is 9.90 Å². The van der Waals surface area contributed by atoms with Crippen LogP contribution in [0.3, 0.4) is 0 Å². The Morgan fingerprint density at radius 3 is 2.82 bits per heavy atom. The highest BCUT2D eigenvalue weighted by Gasteiger charge is 2.31. The molecule has 1 aliphatic heterocycles. The number of aliphatic hydroxyl groups excluding tert-OH is 1. The van der Waals surface area contributed by atoms with Crippen molar-refractivity contribution in [1.29, 1.82) is 0 Å². The summed E-state index contributed by atoms with van der Waals surface area (Å²) >= 11 is 3.42. The average Bonchev–Trinajstić information content (AvgIpc) is 2.70. The molecule has 1 saturated heterocycles. The van der Waals surface area contributed by atoms with Gasteiger partial charge in [0.25, 0.3) is 0 Å². The van der Waals surface area contributed by atoms with Crippen molar-refractivity contribution in [2.75, 3.05) is 16.8 Å². The van der Waals surface area contributed by atoms with Gasteiger partial charge < -0.3 is 10.0 Å². The van der Waals surface area contributed by atoms with Gasteiger partial charge in [-0.1, -0.05) is 34.1 Å². The van der Waals surface area contributed by atoms with Crippen LogP contribution in [0.4, 0.5) is 5.69 Å². The molecule has 0 spiro atoms. The highest BCUT2D eigenvalue weighted by atomic mass is 79.9. The summed E-state index contributed by atoms with van der Waals surface area (Å²) in [6, 6.07) is 7.55. The topological polar surface area (TPSA) is 40.5 Å². The van der Waals surface area contributed by atoms with Crippen molar-refractivity contribution in [2.45, 2.75) is 19.4 Å². The Balaban J connectivity index is 2.31. The summed E-state index contributed by atoms with van der Waals surface area (Å²) in [6.07, 6.45) is 0.0290. The Hall–Kier alpha value is -0.870.